The van der Waals surface area contributed by atoms with Crippen molar-refractivity contribution in [1.82, 2.24) is 15.2 Å². The van der Waals surface area contributed by atoms with Crippen LogP contribution < -0.4 is 5.32 Å². The molecule has 0 aliphatic heterocycles. The van der Waals surface area contributed by atoms with Crippen LogP contribution >= 0.6 is 0 Å². The second kappa shape index (κ2) is 9.49. The number of carbonyl (C=O) groups is 3. The number of ether oxygens (including phenoxy) is 1. The minimum absolute atomic E-state index is 0.111. The first-order valence-electron chi connectivity index (χ1n) is 7.14. The van der Waals surface area contributed by atoms with Crippen LogP contribution in [0.3, 0.4) is 0 Å². The van der Waals surface area contributed by atoms with Crippen LogP contribution in [0.2, 0.25) is 0 Å². The molecule has 7 heteroatoms. The molecule has 1 N–H and O–H groups in total. The van der Waals surface area contributed by atoms with Gasteiger partial charge in [-0.3, -0.25) is 19.4 Å². The number of pyridine rings is 1. The molecule has 1 rings (SSSR count). The SMILES string of the molecule is CCOC(=O)CCN(CCNC(C)=O)C(=O)c1cccnc1. The quantitative estimate of drug-likeness (QED) is 0.711. The van der Waals surface area contributed by atoms with E-state index in [-0.39, 0.29) is 30.7 Å². The van der Waals surface area contributed by atoms with Gasteiger partial charge in [-0.1, -0.05) is 0 Å². The van der Waals surface area contributed by atoms with Gasteiger partial charge in [0.25, 0.3) is 5.91 Å². The molecule has 120 valence electrons. The molecule has 0 aliphatic rings. The lowest BCUT2D eigenvalue weighted by molar-refractivity contribution is -0.143. The lowest BCUT2D eigenvalue weighted by Gasteiger charge is -2.22. The van der Waals surface area contributed by atoms with Gasteiger partial charge in [-0.2, -0.15) is 0 Å². The Morgan fingerprint density at radius 3 is 2.68 bits per heavy atom. The van der Waals surface area contributed by atoms with Gasteiger partial charge in [-0.25, -0.2) is 0 Å². The second-order valence-corrected chi connectivity index (χ2v) is 4.57. The third-order valence-corrected chi connectivity index (χ3v) is 2.84. The number of carbonyl (C=O) groups excluding carboxylic acids is 3. The van der Waals surface area contributed by atoms with E-state index in [0.29, 0.717) is 25.3 Å². The molecule has 7 nitrogen and oxygen atoms in total. The lowest BCUT2D eigenvalue weighted by atomic mass is 10.2. The summed E-state index contributed by atoms with van der Waals surface area (Å²) in [5.41, 5.74) is 0.439. The monoisotopic (exact) mass is 307 g/mol. The number of nitrogens with one attached hydrogen (secondary N) is 1. The molecule has 0 bridgehead atoms. The van der Waals surface area contributed by atoms with Crippen molar-refractivity contribution in [2.24, 2.45) is 0 Å². The molecule has 0 fully saturated rings. The highest BCUT2D eigenvalue weighted by molar-refractivity contribution is 5.94. The van der Waals surface area contributed by atoms with Gasteiger partial charge in [0.1, 0.15) is 0 Å². The van der Waals surface area contributed by atoms with Crippen molar-refractivity contribution < 1.29 is 19.1 Å². The van der Waals surface area contributed by atoms with Crippen molar-refractivity contribution >= 4 is 17.8 Å². The molecular formula is C15H21N3O4. The van der Waals surface area contributed by atoms with E-state index < -0.39 is 0 Å². The summed E-state index contributed by atoms with van der Waals surface area (Å²) in [7, 11) is 0. The van der Waals surface area contributed by atoms with E-state index in [0.717, 1.165) is 0 Å². The van der Waals surface area contributed by atoms with Gasteiger partial charge in [-0.05, 0) is 19.1 Å². The number of nitrogens with zero attached hydrogens (tertiary/aromatic N) is 2. The maximum atomic E-state index is 12.4. The van der Waals surface area contributed by atoms with Gasteiger partial charge in [0.05, 0.1) is 18.6 Å². The highest BCUT2D eigenvalue weighted by Crippen LogP contribution is 2.04. The zero-order valence-electron chi connectivity index (χ0n) is 12.9. The van der Waals surface area contributed by atoms with E-state index in [1.807, 2.05) is 0 Å². The van der Waals surface area contributed by atoms with Crippen LogP contribution in [0.5, 0.6) is 0 Å². The van der Waals surface area contributed by atoms with Crippen LogP contribution in [-0.4, -0.2) is 53.9 Å². The predicted octanol–water partition coefficient (Wildman–Crippen LogP) is 0.613. The van der Waals surface area contributed by atoms with Crippen molar-refractivity contribution in [2.75, 3.05) is 26.2 Å². The molecular weight excluding hydrogens is 286 g/mol. The highest BCUT2D eigenvalue weighted by Gasteiger charge is 2.17. The number of esters is 1. The van der Waals surface area contributed by atoms with E-state index in [1.54, 1.807) is 25.3 Å². The Morgan fingerprint density at radius 2 is 2.09 bits per heavy atom. The smallest absolute Gasteiger partial charge is 0.307 e. The fraction of sp³-hybridized carbons (Fsp3) is 0.467. The molecule has 0 saturated carbocycles. The maximum Gasteiger partial charge on any atom is 0.307 e. The molecule has 1 aromatic rings. The van der Waals surface area contributed by atoms with Crippen molar-refractivity contribution in [3.05, 3.63) is 30.1 Å². The predicted molar refractivity (Wildman–Crippen MR) is 80.1 cm³/mol. The van der Waals surface area contributed by atoms with E-state index in [2.05, 4.69) is 10.3 Å². The third kappa shape index (κ3) is 6.34. The van der Waals surface area contributed by atoms with Crippen LogP contribution in [0.15, 0.2) is 24.5 Å². The van der Waals surface area contributed by atoms with E-state index in [1.165, 1.54) is 18.0 Å². The Bertz CT molecular complexity index is 505. The first-order chi connectivity index (χ1) is 10.5. The zero-order chi connectivity index (χ0) is 16.4. The summed E-state index contributed by atoms with van der Waals surface area (Å²) >= 11 is 0. The summed E-state index contributed by atoms with van der Waals surface area (Å²) in [6, 6.07) is 3.33. The Morgan fingerprint density at radius 1 is 1.32 bits per heavy atom. The van der Waals surface area contributed by atoms with Crippen molar-refractivity contribution in [2.45, 2.75) is 20.3 Å². The van der Waals surface area contributed by atoms with Crippen molar-refractivity contribution in [3.8, 4) is 0 Å². The van der Waals surface area contributed by atoms with Gasteiger partial charge in [-0.15, -0.1) is 0 Å². The number of amides is 2. The minimum atomic E-state index is -0.356. The van der Waals surface area contributed by atoms with Crippen molar-refractivity contribution in [1.29, 1.82) is 0 Å². The first kappa shape index (κ1) is 17.6. The van der Waals surface area contributed by atoms with Gasteiger partial charge in [0, 0.05) is 39.0 Å². The molecule has 0 radical (unpaired) electrons. The van der Waals surface area contributed by atoms with Crippen LogP contribution in [-0.2, 0) is 14.3 Å². The molecule has 0 unspecified atom stereocenters. The van der Waals surface area contributed by atoms with Gasteiger partial charge >= 0.3 is 5.97 Å². The molecule has 0 aromatic carbocycles. The first-order valence-corrected chi connectivity index (χ1v) is 7.14. The largest absolute Gasteiger partial charge is 0.466 e. The Kier molecular flexibility index (Phi) is 7.60. The van der Waals surface area contributed by atoms with E-state index in [4.69, 9.17) is 4.74 Å². The summed E-state index contributed by atoms with van der Waals surface area (Å²) in [4.78, 5) is 40.2. The second-order valence-electron chi connectivity index (χ2n) is 4.57. The average molecular weight is 307 g/mol. The van der Waals surface area contributed by atoms with Crippen LogP contribution in [0.4, 0.5) is 0 Å². The number of hydrogen-bond acceptors (Lipinski definition) is 5. The molecule has 2 amide bonds. The Balaban J connectivity index is 2.66. The summed E-state index contributed by atoms with van der Waals surface area (Å²) in [5, 5.41) is 2.63. The average Bonchev–Trinajstić information content (AvgIpc) is 2.51. The van der Waals surface area contributed by atoms with E-state index >= 15 is 0 Å². The summed E-state index contributed by atoms with van der Waals surface area (Å²) in [6.45, 7) is 4.31. The standard InChI is InChI=1S/C15H21N3O4/c1-3-22-14(20)6-9-18(10-8-17-12(2)19)15(21)13-5-4-7-16-11-13/h4-5,7,11H,3,6,8-10H2,1-2H3,(H,17,19). The molecule has 0 saturated heterocycles. The van der Waals surface area contributed by atoms with Crippen LogP contribution in [0.25, 0.3) is 0 Å². The number of hydrogen-bond donors (Lipinski definition) is 1. The normalized spacial score (nSPS) is 9.91. The van der Waals surface area contributed by atoms with Crippen LogP contribution in [0.1, 0.15) is 30.6 Å². The summed E-state index contributed by atoms with van der Waals surface area (Å²) in [5.74, 6) is -0.757. The van der Waals surface area contributed by atoms with Crippen LogP contribution in [0, 0.1) is 0 Å². The van der Waals surface area contributed by atoms with Gasteiger partial charge in [0.2, 0.25) is 5.91 Å². The zero-order valence-corrected chi connectivity index (χ0v) is 12.9. The number of rotatable bonds is 8. The van der Waals surface area contributed by atoms with Gasteiger partial charge < -0.3 is 15.0 Å². The molecule has 0 spiro atoms. The molecule has 0 aliphatic carbocycles. The summed E-state index contributed by atoms with van der Waals surface area (Å²) in [6.07, 6.45) is 3.16. The molecule has 22 heavy (non-hydrogen) atoms. The van der Waals surface area contributed by atoms with E-state index in [9.17, 15) is 14.4 Å². The van der Waals surface area contributed by atoms with Gasteiger partial charge in [0.15, 0.2) is 0 Å². The lowest BCUT2D eigenvalue weighted by Crippen LogP contribution is -2.39. The topological polar surface area (TPSA) is 88.6 Å². The maximum absolute atomic E-state index is 12.4. The molecule has 0 atom stereocenters. The third-order valence-electron chi connectivity index (χ3n) is 2.84. The Labute approximate surface area is 129 Å². The highest BCUT2D eigenvalue weighted by atomic mass is 16.5. The fourth-order valence-electron chi connectivity index (χ4n) is 1.81. The van der Waals surface area contributed by atoms with Crippen molar-refractivity contribution in [3.63, 3.8) is 0 Å². The molecule has 1 aromatic heterocycles. The number of aromatic nitrogens is 1. The Hall–Kier alpha value is -2.44. The fourth-order valence-corrected chi connectivity index (χ4v) is 1.81. The minimum Gasteiger partial charge on any atom is -0.466 e. The summed E-state index contributed by atoms with van der Waals surface area (Å²) < 4.78 is 4.86. The molecule has 1 heterocycles.